The first-order valence-corrected chi connectivity index (χ1v) is 9.13. The molecule has 0 spiro atoms. The summed E-state index contributed by atoms with van der Waals surface area (Å²) < 4.78 is 16.1. The van der Waals surface area contributed by atoms with Gasteiger partial charge < -0.3 is 24.4 Å². The van der Waals surface area contributed by atoms with Gasteiger partial charge in [0.25, 0.3) is 5.56 Å². The maximum atomic E-state index is 13.0. The molecule has 3 N–H and O–H groups in total. The lowest BCUT2D eigenvalue weighted by Crippen LogP contribution is -2.50. The summed E-state index contributed by atoms with van der Waals surface area (Å²) in [6.07, 6.45) is -0.219. The standard InChI is InChI=1S/C20H26N2O6/c1-10(2)28-19(24)17-15(11-6-7-13(26-4)14(8-11)27-5)16-12(9-20(17,3)25)21-22-18(16)23/h6-8,10,15,17,25H,9H2,1-5H3,(H2,21,22,23)/t15-,17+,20+/m0/s1. The van der Waals surface area contributed by atoms with Crippen LogP contribution in [0.4, 0.5) is 0 Å². The summed E-state index contributed by atoms with van der Waals surface area (Å²) in [6, 6.07) is 5.19. The number of esters is 1. The van der Waals surface area contributed by atoms with Gasteiger partial charge in [-0.25, -0.2) is 0 Å². The smallest absolute Gasteiger partial charge is 0.313 e. The van der Waals surface area contributed by atoms with Crippen molar-refractivity contribution >= 4 is 5.97 Å². The number of aromatic nitrogens is 2. The largest absolute Gasteiger partial charge is 0.493 e. The van der Waals surface area contributed by atoms with E-state index in [1.807, 2.05) is 0 Å². The number of H-pyrrole nitrogens is 2. The minimum Gasteiger partial charge on any atom is -0.493 e. The molecule has 152 valence electrons. The van der Waals surface area contributed by atoms with Crippen LogP contribution in [0.25, 0.3) is 0 Å². The minimum absolute atomic E-state index is 0.128. The van der Waals surface area contributed by atoms with Gasteiger partial charge in [-0.05, 0) is 38.5 Å². The Hall–Kier alpha value is -2.74. The molecule has 2 aromatic rings. The molecule has 28 heavy (non-hydrogen) atoms. The van der Waals surface area contributed by atoms with E-state index >= 15 is 0 Å². The topological polar surface area (TPSA) is 114 Å². The monoisotopic (exact) mass is 390 g/mol. The van der Waals surface area contributed by atoms with Crippen LogP contribution in [0.2, 0.25) is 0 Å². The number of fused-ring (bicyclic) bond motifs is 1. The van der Waals surface area contributed by atoms with E-state index in [0.29, 0.717) is 28.3 Å². The fourth-order valence-corrected chi connectivity index (χ4v) is 3.97. The van der Waals surface area contributed by atoms with Crippen LogP contribution in [0.5, 0.6) is 11.5 Å². The molecule has 3 atom stereocenters. The Labute approximate surface area is 162 Å². The van der Waals surface area contributed by atoms with E-state index in [4.69, 9.17) is 14.2 Å². The van der Waals surface area contributed by atoms with E-state index in [9.17, 15) is 14.7 Å². The van der Waals surface area contributed by atoms with Gasteiger partial charge in [0.1, 0.15) is 0 Å². The maximum absolute atomic E-state index is 13.0. The van der Waals surface area contributed by atoms with Crippen LogP contribution < -0.4 is 15.0 Å². The van der Waals surface area contributed by atoms with Gasteiger partial charge in [-0.2, -0.15) is 0 Å². The van der Waals surface area contributed by atoms with Crippen molar-refractivity contribution in [1.82, 2.24) is 10.2 Å². The third kappa shape index (κ3) is 3.40. The molecule has 0 amide bonds. The van der Waals surface area contributed by atoms with Crippen molar-refractivity contribution in [2.75, 3.05) is 14.2 Å². The van der Waals surface area contributed by atoms with Gasteiger partial charge in [0.15, 0.2) is 11.5 Å². The molecular formula is C20H26N2O6. The second kappa shape index (κ2) is 7.35. The number of carbonyl (C=O) groups is 1. The number of ether oxygens (including phenoxy) is 3. The third-order valence-corrected chi connectivity index (χ3v) is 5.12. The molecule has 0 saturated heterocycles. The highest BCUT2D eigenvalue weighted by molar-refractivity contribution is 5.77. The van der Waals surface area contributed by atoms with Crippen molar-refractivity contribution in [2.45, 2.75) is 44.8 Å². The van der Waals surface area contributed by atoms with Crippen LogP contribution in [-0.4, -0.2) is 47.2 Å². The van der Waals surface area contributed by atoms with Crippen molar-refractivity contribution in [1.29, 1.82) is 0 Å². The lowest BCUT2D eigenvalue weighted by molar-refractivity contribution is -0.163. The van der Waals surface area contributed by atoms with Gasteiger partial charge in [-0.1, -0.05) is 6.07 Å². The average molecular weight is 390 g/mol. The number of aromatic amines is 2. The first-order chi connectivity index (χ1) is 13.2. The van der Waals surface area contributed by atoms with E-state index in [1.165, 1.54) is 14.2 Å². The number of benzene rings is 1. The van der Waals surface area contributed by atoms with E-state index in [2.05, 4.69) is 10.2 Å². The Bertz CT molecular complexity index is 927. The molecule has 0 bridgehead atoms. The Morgan fingerprint density at radius 1 is 1.21 bits per heavy atom. The zero-order valence-electron chi connectivity index (χ0n) is 16.7. The van der Waals surface area contributed by atoms with Crippen LogP contribution in [0.15, 0.2) is 23.0 Å². The van der Waals surface area contributed by atoms with Crippen LogP contribution in [0.3, 0.4) is 0 Å². The Morgan fingerprint density at radius 3 is 2.50 bits per heavy atom. The van der Waals surface area contributed by atoms with Crippen molar-refractivity contribution in [3.05, 3.63) is 45.4 Å². The SMILES string of the molecule is COc1ccc([C@H]2c3c([nH][nH]c3=O)C[C@@](C)(O)[C@H]2C(=O)OC(C)C)cc1OC. The van der Waals surface area contributed by atoms with Gasteiger partial charge in [0, 0.05) is 23.6 Å². The van der Waals surface area contributed by atoms with E-state index < -0.39 is 23.4 Å². The predicted molar refractivity (Wildman–Crippen MR) is 102 cm³/mol. The fraction of sp³-hybridized carbons (Fsp3) is 0.500. The quantitative estimate of drug-likeness (QED) is 0.670. The van der Waals surface area contributed by atoms with Gasteiger partial charge in [0.05, 0.1) is 31.8 Å². The molecular weight excluding hydrogens is 364 g/mol. The second-order valence-electron chi connectivity index (χ2n) is 7.56. The molecule has 1 aliphatic rings. The molecule has 1 aromatic carbocycles. The molecule has 0 radical (unpaired) electrons. The summed E-state index contributed by atoms with van der Waals surface area (Å²) in [5.41, 5.74) is -0.0998. The normalized spacial score (nSPS) is 24.0. The second-order valence-corrected chi connectivity index (χ2v) is 7.56. The van der Waals surface area contributed by atoms with Gasteiger partial charge >= 0.3 is 5.97 Å². The number of hydrogen-bond donors (Lipinski definition) is 3. The number of aliphatic hydroxyl groups is 1. The zero-order valence-corrected chi connectivity index (χ0v) is 16.7. The Balaban J connectivity index is 2.21. The molecule has 0 saturated carbocycles. The average Bonchev–Trinajstić information content (AvgIpc) is 2.98. The molecule has 0 unspecified atom stereocenters. The van der Waals surface area contributed by atoms with Gasteiger partial charge in [0.2, 0.25) is 0 Å². The number of methoxy groups -OCH3 is 2. The first-order valence-electron chi connectivity index (χ1n) is 9.13. The molecule has 8 heteroatoms. The highest BCUT2D eigenvalue weighted by Gasteiger charge is 2.51. The van der Waals surface area contributed by atoms with Gasteiger partial charge in [-0.3, -0.25) is 14.7 Å². The van der Waals surface area contributed by atoms with Gasteiger partial charge in [-0.15, -0.1) is 0 Å². The number of rotatable bonds is 5. The Kier molecular flexibility index (Phi) is 5.25. The van der Waals surface area contributed by atoms with Crippen LogP contribution in [-0.2, 0) is 16.0 Å². The van der Waals surface area contributed by atoms with Crippen molar-refractivity contribution in [3.63, 3.8) is 0 Å². The molecule has 8 nitrogen and oxygen atoms in total. The molecule has 1 heterocycles. The molecule has 0 aliphatic heterocycles. The zero-order chi connectivity index (χ0) is 20.6. The highest BCUT2D eigenvalue weighted by atomic mass is 16.5. The summed E-state index contributed by atoms with van der Waals surface area (Å²) >= 11 is 0. The number of nitrogens with one attached hydrogen (secondary N) is 2. The Morgan fingerprint density at radius 2 is 1.89 bits per heavy atom. The molecule has 1 aliphatic carbocycles. The summed E-state index contributed by atoms with van der Waals surface area (Å²) in [5.74, 6) is -1.23. The lowest BCUT2D eigenvalue weighted by atomic mass is 9.66. The van der Waals surface area contributed by atoms with Crippen LogP contribution >= 0.6 is 0 Å². The molecule has 0 fully saturated rings. The van der Waals surface area contributed by atoms with E-state index in [-0.39, 0.29) is 18.1 Å². The molecule has 1 aromatic heterocycles. The summed E-state index contributed by atoms with van der Waals surface area (Å²) in [7, 11) is 3.04. The fourth-order valence-electron chi connectivity index (χ4n) is 3.97. The number of carbonyl (C=O) groups excluding carboxylic acids is 1. The molecule has 3 rings (SSSR count). The van der Waals surface area contributed by atoms with Crippen LogP contribution in [0.1, 0.15) is 43.5 Å². The lowest BCUT2D eigenvalue weighted by Gasteiger charge is -2.40. The summed E-state index contributed by atoms with van der Waals surface area (Å²) in [6.45, 7) is 5.08. The highest BCUT2D eigenvalue weighted by Crippen LogP contribution is 2.46. The predicted octanol–water partition coefficient (Wildman–Crippen LogP) is 1.73. The summed E-state index contributed by atoms with van der Waals surface area (Å²) in [5, 5.41) is 16.5. The summed E-state index contributed by atoms with van der Waals surface area (Å²) in [4.78, 5) is 25.5. The van der Waals surface area contributed by atoms with E-state index in [0.717, 1.165) is 0 Å². The van der Waals surface area contributed by atoms with Crippen molar-refractivity contribution < 1.29 is 24.1 Å². The minimum atomic E-state index is -1.41. The van der Waals surface area contributed by atoms with Crippen molar-refractivity contribution in [3.8, 4) is 11.5 Å². The maximum Gasteiger partial charge on any atom is 0.313 e. The first kappa shape index (κ1) is 20.0. The number of hydrogen-bond acceptors (Lipinski definition) is 6. The van der Waals surface area contributed by atoms with E-state index in [1.54, 1.807) is 39.0 Å². The van der Waals surface area contributed by atoms with Crippen molar-refractivity contribution in [2.24, 2.45) is 5.92 Å². The third-order valence-electron chi connectivity index (χ3n) is 5.12. The van der Waals surface area contributed by atoms with Crippen LogP contribution in [0, 0.1) is 5.92 Å².